The molecule has 0 spiro atoms. The fourth-order valence-electron chi connectivity index (χ4n) is 2.52. The van der Waals surface area contributed by atoms with Crippen LogP contribution in [-0.4, -0.2) is 16.3 Å². The molecule has 0 aliphatic carbocycles. The van der Waals surface area contributed by atoms with E-state index in [2.05, 4.69) is 10.4 Å². The second-order valence-corrected chi connectivity index (χ2v) is 4.89. The van der Waals surface area contributed by atoms with Crippen LogP contribution in [0.2, 0.25) is 0 Å². The number of nitrogens with one attached hydrogen (secondary N) is 1. The molecule has 106 valence electrons. The Hall–Kier alpha value is -1.82. The highest BCUT2D eigenvalue weighted by atomic mass is 19.4. The monoisotopic (exact) mass is 281 g/mol. The largest absolute Gasteiger partial charge is 0.416 e. The van der Waals surface area contributed by atoms with Crippen molar-refractivity contribution in [3.05, 3.63) is 46.8 Å². The van der Waals surface area contributed by atoms with Crippen LogP contribution in [0.3, 0.4) is 0 Å². The molecule has 2 aromatic rings. The molecule has 6 heteroatoms. The predicted molar refractivity (Wildman–Crippen MR) is 68.7 cm³/mol. The van der Waals surface area contributed by atoms with Gasteiger partial charge in [0.2, 0.25) is 0 Å². The van der Waals surface area contributed by atoms with E-state index in [0.717, 1.165) is 48.6 Å². The normalized spacial score (nSPS) is 15.2. The van der Waals surface area contributed by atoms with E-state index in [-0.39, 0.29) is 0 Å². The molecule has 1 aromatic carbocycles. The summed E-state index contributed by atoms with van der Waals surface area (Å²) in [6.07, 6.45) is -3.47. The maximum Gasteiger partial charge on any atom is 0.416 e. The molecule has 0 saturated carbocycles. The SMILES string of the molecule is Cc1nn(-c2ccc(C(F)(F)F)cc2)c2c1CNCC2. The van der Waals surface area contributed by atoms with E-state index >= 15 is 0 Å². The average Bonchev–Trinajstić information content (AvgIpc) is 2.76. The van der Waals surface area contributed by atoms with Crippen molar-refractivity contribution in [2.75, 3.05) is 6.54 Å². The van der Waals surface area contributed by atoms with Crippen LogP contribution in [-0.2, 0) is 19.1 Å². The number of fused-ring (bicyclic) bond motifs is 1. The third kappa shape index (κ3) is 2.20. The van der Waals surface area contributed by atoms with Gasteiger partial charge in [-0.15, -0.1) is 0 Å². The molecule has 1 aromatic heterocycles. The lowest BCUT2D eigenvalue weighted by atomic mass is 10.1. The number of hydrogen-bond acceptors (Lipinski definition) is 2. The van der Waals surface area contributed by atoms with Crippen molar-refractivity contribution < 1.29 is 13.2 Å². The zero-order chi connectivity index (χ0) is 14.3. The first kappa shape index (κ1) is 13.2. The molecule has 3 nitrogen and oxygen atoms in total. The maximum atomic E-state index is 12.6. The molecule has 0 saturated heterocycles. The van der Waals surface area contributed by atoms with Crippen molar-refractivity contribution in [2.24, 2.45) is 0 Å². The minimum atomic E-state index is -4.30. The van der Waals surface area contributed by atoms with Crippen molar-refractivity contribution in [3.63, 3.8) is 0 Å². The molecule has 20 heavy (non-hydrogen) atoms. The second-order valence-electron chi connectivity index (χ2n) is 4.89. The standard InChI is InChI=1S/C14H14F3N3/c1-9-12-8-18-7-6-13(12)20(19-9)11-4-2-10(3-5-11)14(15,16)17/h2-5,18H,6-8H2,1H3. The van der Waals surface area contributed by atoms with Crippen LogP contribution in [0.1, 0.15) is 22.5 Å². The van der Waals surface area contributed by atoms with Gasteiger partial charge >= 0.3 is 6.18 Å². The number of nitrogens with zero attached hydrogens (tertiary/aromatic N) is 2. The fourth-order valence-corrected chi connectivity index (χ4v) is 2.52. The van der Waals surface area contributed by atoms with Gasteiger partial charge < -0.3 is 5.32 Å². The number of alkyl halides is 3. The van der Waals surface area contributed by atoms with Crippen LogP contribution < -0.4 is 5.32 Å². The molecular formula is C14H14F3N3. The number of hydrogen-bond donors (Lipinski definition) is 1. The van der Waals surface area contributed by atoms with Crippen LogP contribution in [0.15, 0.2) is 24.3 Å². The van der Waals surface area contributed by atoms with E-state index in [1.807, 2.05) is 6.92 Å². The Kier molecular flexibility index (Phi) is 3.05. The highest BCUT2D eigenvalue weighted by Gasteiger charge is 2.30. The highest BCUT2D eigenvalue weighted by molar-refractivity contribution is 5.40. The second kappa shape index (κ2) is 4.63. The fraction of sp³-hybridized carbons (Fsp3) is 0.357. The molecule has 0 radical (unpaired) electrons. The summed E-state index contributed by atoms with van der Waals surface area (Å²) in [5, 5.41) is 7.72. The van der Waals surface area contributed by atoms with Crippen LogP contribution in [0.5, 0.6) is 0 Å². The quantitative estimate of drug-likeness (QED) is 0.871. The van der Waals surface area contributed by atoms with Gasteiger partial charge in [-0.3, -0.25) is 0 Å². The topological polar surface area (TPSA) is 29.9 Å². The molecule has 1 aliphatic heterocycles. The molecule has 0 amide bonds. The highest BCUT2D eigenvalue weighted by Crippen LogP contribution is 2.30. The third-order valence-electron chi connectivity index (χ3n) is 3.57. The summed E-state index contributed by atoms with van der Waals surface area (Å²) in [6, 6.07) is 5.13. The van der Waals surface area contributed by atoms with Crippen molar-refractivity contribution in [1.29, 1.82) is 0 Å². The van der Waals surface area contributed by atoms with E-state index in [0.29, 0.717) is 5.69 Å². The molecule has 1 N–H and O–H groups in total. The molecule has 0 atom stereocenters. The van der Waals surface area contributed by atoms with Crippen molar-refractivity contribution in [2.45, 2.75) is 26.1 Å². The Morgan fingerprint density at radius 2 is 1.90 bits per heavy atom. The van der Waals surface area contributed by atoms with Gasteiger partial charge in [-0.05, 0) is 31.2 Å². The molecular weight excluding hydrogens is 267 g/mol. The first-order chi connectivity index (χ1) is 9.47. The average molecular weight is 281 g/mol. The minimum Gasteiger partial charge on any atom is -0.312 e. The zero-order valence-electron chi connectivity index (χ0n) is 11.0. The lowest BCUT2D eigenvalue weighted by Gasteiger charge is -2.15. The van der Waals surface area contributed by atoms with Gasteiger partial charge in [-0.2, -0.15) is 18.3 Å². The Labute approximate surface area is 114 Å². The minimum absolute atomic E-state index is 0.638. The predicted octanol–water partition coefficient (Wildman–Crippen LogP) is 2.85. The van der Waals surface area contributed by atoms with Gasteiger partial charge in [-0.1, -0.05) is 0 Å². The van der Waals surface area contributed by atoms with Gasteiger partial charge in [0.1, 0.15) is 0 Å². The van der Waals surface area contributed by atoms with E-state index < -0.39 is 11.7 Å². The summed E-state index contributed by atoms with van der Waals surface area (Å²) in [7, 11) is 0. The van der Waals surface area contributed by atoms with Crippen molar-refractivity contribution >= 4 is 0 Å². The van der Waals surface area contributed by atoms with Crippen LogP contribution in [0.4, 0.5) is 13.2 Å². The summed E-state index contributed by atoms with van der Waals surface area (Å²) in [4.78, 5) is 0. The van der Waals surface area contributed by atoms with Crippen LogP contribution in [0, 0.1) is 6.92 Å². The molecule has 2 heterocycles. The zero-order valence-corrected chi connectivity index (χ0v) is 11.0. The van der Waals surface area contributed by atoms with Crippen molar-refractivity contribution in [3.8, 4) is 5.69 Å². The van der Waals surface area contributed by atoms with Crippen molar-refractivity contribution in [1.82, 2.24) is 15.1 Å². The lowest BCUT2D eigenvalue weighted by molar-refractivity contribution is -0.137. The molecule has 0 unspecified atom stereocenters. The molecule has 3 rings (SSSR count). The summed E-state index contributed by atoms with van der Waals surface area (Å²) in [5.74, 6) is 0. The Balaban J connectivity index is 2.01. The third-order valence-corrected chi connectivity index (χ3v) is 3.57. The first-order valence-corrected chi connectivity index (χ1v) is 6.42. The van der Waals surface area contributed by atoms with E-state index in [9.17, 15) is 13.2 Å². The number of aryl methyl sites for hydroxylation is 1. The maximum absolute atomic E-state index is 12.6. The lowest BCUT2D eigenvalue weighted by Crippen LogP contribution is -2.24. The van der Waals surface area contributed by atoms with Crippen LogP contribution >= 0.6 is 0 Å². The summed E-state index contributed by atoms with van der Waals surface area (Å²) in [5.41, 5.74) is 3.19. The Bertz CT molecular complexity index is 626. The number of aromatic nitrogens is 2. The van der Waals surface area contributed by atoms with Gasteiger partial charge in [0.05, 0.1) is 22.6 Å². The van der Waals surface area contributed by atoms with E-state index in [4.69, 9.17) is 0 Å². The van der Waals surface area contributed by atoms with E-state index in [1.165, 1.54) is 12.1 Å². The first-order valence-electron chi connectivity index (χ1n) is 6.42. The van der Waals surface area contributed by atoms with Crippen LogP contribution in [0.25, 0.3) is 5.69 Å². The number of rotatable bonds is 1. The van der Waals surface area contributed by atoms with Gasteiger partial charge in [0.25, 0.3) is 0 Å². The molecule has 0 bridgehead atoms. The van der Waals surface area contributed by atoms with Gasteiger partial charge in [-0.25, -0.2) is 4.68 Å². The number of halogens is 3. The number of benzene rings is 1. The summed E-state index contributed by atoms with van der Waals surface area (Å²) >= 11 is 0. The Morgan fingerprint density at radius 3 is 2.55 bits per heavy atom. The Morgan fingerprint density at radius 1 is 1.20 bits per heavy atom. The summed E-state index contributed by atoms with van der Waals surface area (Å²) in [6.45, 7) is 3.55. The van der Waals surface area contributed by atoms with E-state index in [1.54, 1.807) is 4.68 Å². The smallest absolute Gasteiger partial charge is 0.312 e. The molecule has 0 fully saturated rings. The molecule has 1 aliphatic rings. The van der Waals surface area contributed by atoms with Gasteiger partial charge in [0, 0.05) is 25.1 Å². The van der Waals surface area contributed by atoms with Gasteiger partial charge in [0.15, 0.2) is 0 Å². The summed E-state index contributed by atoms with van der Waals surface area (Å²) < 4.78 is 39.5.